The molecule has 0 aliphatic carbocycles. The summed E-state index contributed by atoms with van der Waals surface area (Å²) in [4.78, 5) is 33.0. The van der Waals surface area contributed by atoms with Crippen molar-refractivity contribution >= 4 is 17.7 Å². The molecule has 2 heterocycles. The fourth-order valence-electron chi connectivity index (χ4n) is 3.12. The number of carbonyl (C=O) groups is 2. The number of hydrogen-bond acceptors (Lipinski definition) is 6. The van der Waals surface area contributed by atoms with Crippen LogP contribution in [0.4, 0.5) is 0 Å². The number of fused-ring (bicyclic) bond motifs is 1. The second-order valence-electron chi connectivity index (χ2n) is 7.42. The maximum Gasteiger partial charge on any atom is 0.378 e. The number of ether oxygens (including phenoxy) is 1. The third kappa shape index (κ3) is 5.16. The van der Waals surface area contributed by atoms with E-state index >= 15 is 0 Å². The van der Waals surface area contributed by atoms with E-state index in [9.17, 15) is 9.59 Å². The molecule has 1 N–H and O–H groups in total. The fraction of sp³-hybridized carbons (Fsp3) is 0.381. The first kappa shape index (κ1) is 20.4. The zero-order valence-corrected chi connectivity index (χ0v) is 17.0. The van der Waals surface area contributed by atoms with Crippen molar-refractivity contribution in [2.24, 2.45) is 5.92 Å². The molecule has 8 heteroatoms. The number of hydrogen-bond donors (Lipinski definition) is 1. The summed E-state index contributed by atoms with van der Waals surface area (Å²) in [5.74, 6) is -0.546. The number of rotatable bonds is 7. The van der Waals surface area contributed by atoms with Gasteiger partial charge in [-0.25, -0.2) is 14.3 Å². The van der Waals surface area contributed by atoms with E-state index in [-0.39, 0.29) is 17.8 Å². The number of nitrogens with one attached hydrogen (secondary N) is 1. The summed E-state index contributed by atoms with van der Waals surface area (Å²) < 4.78 is 6.58. The molecule has 1 aromatic carbocycles. The molecule has 0 fully saturated rings. The van der Waals surface area contributed by atoms with E-state index < -0.39 is 12.6 Å². The molecule has 0 radical (unpaired) electrons. The monoisotopic (exact) mass is 395 g/mol. The quantitative estimate of drug-likeness (QED) is 0.618. The Morgan fingerprint density at radius 2 is 1.86 bits per heavy atom. The van der Waals surface area contributed by atoms with Crippen molar-refractivity contribution in [2.75, 3.05) is 6.61 Å². The summed E-state index contributed by atoms with van der Waals surface area (Å²) in [6, 6.07) is 11.4. The highest BCUT2D eigenvalue weighted by molar-refractivity contribution is 5.88. The van der Waals surface area contributed by atoms with E-state index in [1.54, 1.807) is 0 Å². The molecule has 2 aromatic heterocycles. The normalized spacial score (nSPS) is 12.2. The average molecular weight is 395 g/mol. The van der Waals surface area contributed by atoms with Crippen molar-refractivity contribution in [2.45, 2.75) is 40.2 Å². The Bertz CT molecular complexity index is 1010. The van der Waals surface area contributed by atoms with Crippen molar-refractivity contribution < 1.29 is 14.3 Å². The first-order chi connectivity index (χ1) is 13.8. The lowest BCUT2D eigenvalue weighted by Gasteiger charge is -2.21. The SMILES string of the molecule is Cc1cc(C)n2nc(C(=O)OCC(=O)N[C@H](CC(C)C)c3ccccc3)nc2n1. The lowest BCUT2D eigenvalue weighted by Crippen LogP contribution is -2.33. The van der Waals surface area contributed by atoms with Gasteiger partial charge in [0.05, 0.1) is 6.04 Å². The van der Waals surface area contributed by atoms with Crippen LogP contribution in [0.5, 0.6) is 0 Å². The molecule has 0 saturated carbocycles. The highest BCUT2D eigenvalue weighted by Crippen LogP contribution is 2.21. The van der Waals surface area contributed by atoms with E-state index in [2.05, 4.69) is 34.2 Å². The third-order valence-corrected chi connectivity index (χ3v) is 4.38. The van der Waals surface area contributed by atoms with E-state index in [1.807, 2.05) is 50.2 Å². The van der Waals surface area contributed by atoms with E-state index in [0.717, 1.165) is 23.4 Å². The van der Waals surface area contributed by atoms with Gasteiger partial charge in [-0.05, 0) is 37.8 Å². The maximum absolute atomic E-state index is 12.4. The first-order valence-electron chi connectivity index (χ1n) is 9.56. The molecule has 0 aliphatic rings. The molecule has 3 aromatic rings. The van der Waals surface area contributed by atoms with Crippen LogP contribution >= 0.6 is 0 Å². The van der Waals surface area contributed by atoms with Gasteiger partial charge in [-0.2, -0.15) is 4.98 Å². The van der Waals surface area contributed by atoms with Crippen molar-refractivity contribution in [1.82, 2.24) is 24.9 Å². The second kappa shape index (κ2) is 8.81. The molecular formula is C21H25N5O3. The minimum Gasteiger partial charge on any atom is -0.450 e. The van der Waals surface area contributed by atoms with Gasteiger partial charge in [0.25, 0.3) is 17.5 Å². The van der Waals surface area contributed by atoms with Gasteiger partial charge in [0.15, 0.2) is 6.61 Å². The van der Waals surface area contributed by atoms with Crippen molar-refractivity contribution in [3.63, 3.8) is 0 Å². The molecule has 3 rings (SSSR count). The minimum absolute atomic E-state index is 0.124. The molecule has 29 heavy (non-hydrogen) atoms. The Morgan fingerprint density at radius 3 is 2.55 bits per heavy atom. The zero-order chi connectivity index (χ0) is 21.0. The smallest absolute Gasteiger partial charge is 0.378 e. The third-order valence-electron chi connectivity index (χ3n) is 4.38. The number of carbonyl (C=O) groups excluding carboxylic acids is 2. The number of amides is 1. The predicted molar refractivity (Wildman–Crippen MR) is 107 cm³/mol. The molecule has 152 valence electrons. The number of benzene rings is 1. The summed E-state index contributed by atoms with van der Waals surface area (Å²) in [7, 11) is 0. The summed E-state index contributed by atoms with van der Waals surface area (Å²) >= 11 is 0. The van der Waals surface area contributed by atoms with Crippen LogP contribution in [-0.4, -0.2) is 38.1 Å². The Morgan fingerprint density at radius 1 is 1.14 bits per heavy atom. The van der Waals surface area contributed by atoms with Crippen molar-refractivity contribution in [1.29, 1.82) is 0 Å². The largest absolute Gasteiger partial charge is 0.450 e. The van der Waals surface area contributed by atoms with Crippen LogP contribution in [0.1, 0.15) is 53.9 Å². The second-order valence-corrected chi connectivity index (χ2v) is 7.42. The van der Waals surface area contributed by atoms with Crippen LogP contribution in [-0.2, 0) is 9.53 Å². The van der Waals surface area contributed by atoms with Gasteiger partial charge in [-0.3, -0.25) is 4.79 Å². The van der Waals surface area contributed by atoms with E-state index in [0.29, 0.717) is 11.7 Å². The molecule has 1 amide bonds. The van der Waals surface area contributed by atoms with E-state index in [1.165, 1.54) is 4.52 Å². The lowest BCUT2D eigenvalue weighted by molar-refractivity contribution is -0.125. The van der Waals surface area contributed by atoms with Crippen molar-refractivity contribution in [3.05, 3.63) is 59.2 Å². The van der Waals surface area contributed by atoms with Gasteiger partial charge >= 0.3 is 5.97 Å². The zero-order valence-electron chi connectivity index (χ0n) is 17.0. The van der Waals surface area contributed by atoms with E-state index in [4.69, 9.17) is 4.74 Å². The minimum atomic E-state index is -0.761. The van der Waals surface area contributed by atoms with Crippen LogP contribution in [0.25, 0.3) is 5.78 Å². The number of nitrogens with zero attached hydrogens (tertiary/aromatic N) is 4. The summed E-state index contributed by atoms with van der Waals surface area (Å²) in [6.45, 7) is 7.47. The highest BCUT2D eigenvalue weighted by Gasteiger charge is 2.20. The van der Waals surface area contributed by atoms with Crippen LogP contribution in [0.15, 0.2) is 36.4 Å². The molecular weight excluding hydrogens is 370 g/mol. The van der Waals surface area contributed by atoms with Gasteiger partial charge in [0.1, 0.15) is 0 Å². The molecule has 0 bridgehead atoms. The van der Waals surface area contributed by atoms with Gasteiger partial charge in [0, 0.05) is 11.4 Å². The number of aromatic nitrogens is 4. The topological polar surface area (TPSA) is 98.5 Å². The maximum atomic E-state index is 12.4. The summed E-state index contributed by atoms with van der Waals surface area (Å²) in [6.07, 6.45) is 0.780. The van der Waals surface area contributed by atoms with Crippen LogP contribution in [0.2, 0.25) is 0 Å². The molecule has 8 nitrogen and oxygen atoms in total. The molecule has 0 saturated heterocycles. The van der Waals surface area contributed by atoms with Gasteiger partial charge in [0.2, 0.25) is 0 Å². The number of esters is 1. The first-order valence-corrected chi connectivity index (χ1v) is 9.56. The summed E-state index contributed by atoms with van der Waals surface area (Å²) in [5.41, 5.74) is 2.59. The highest BCUT2D eigenvalue weighted by atomic mass is 16.5. The molecule has 1 atom stereocenters. The number of aryl methyl sites for hydroxylation is 2. The Kier molecular flexibility index (Phi) is 6.21. The molecule has 0 aliphatic heterocycles. The molecule has 0 spiro atoms. The van der Waals surface area contributed by atoms with Gasteiger partial charge < -0.3 is 10.1 Å². The Hall–Kier alpha value is -3.29. The Balaban J connectivity index is 1.63. The lowest BCUT2D eigenvalue weighted by atomic mass is 9.97. The van der Waals surface area contributed by atoms with Crippen LogP contribution in [0, 0.1) is 19.8 Å². The summed E-state index contributed by atoms with van der Waals surface area (Å²) in [5, 5.41) is 7.06. The Labute approximate surface area is 169 Å². The fourth-order valence-corrected chi connectivity index (χ4v) is 3.12. The van der Waals surface area contributed by atoms with Gasteiger partial charge in [-0.15, -0.1) is 5.10 Å². The van der Waals surface area contributed by atoms with Gasteiger partial charge in [-0.1, -0.05) is 44.2 Å². The van der Waals surface area contributed by atoms with Crippen LogP contribution in [0.3, 0.4) is 0 Å². The average Bonchev–Trinajstić information content (AvgIpc) is 3.10. The standard InChI is InChI=1S/C21H25N5O3/c1-13(2)10-17(16-8-6-5-7-9-16)23-18(27)12-29-20(28)19-24-21-22-14(3)11-15(4)26(21)25-19/h5-9,11,13,17H,10,12H2,1-4H3,(H,23,27)/t17-/m1/s1. The van der Waals surface area contributed by atoms with Crippen molar-refractivity contribution in [3.8, 4) is 0 Å². The molecule has 0 unspecified atom stereocenters. The van der Waals surface area contributed by atoms with Crippen LogP contribution < -0.4 is 5.32 Å². The predicted octanol–water partition coefficient (Wildman–Crippen LogP) is 2.80.